The maximum atomic E-state index is 10.1. The molecule has 0 aliphatic heterocycles. The maximum absolute atomic E-state index is 10.1. The molecule has 0 aromatic rings. The summed E-state index contributed by atoms with van der Waals surface area (Å²) in [6.07, 6.45) is 0. The highest BCUT2D eigenvalue weighted by Crippen LogP contribution is 2.00. The number of alkyl halides is 2. The number of hydrogen-bond acceptors (Lipinski definition) is 2. The first-order valence-electron chi connectivity index (χ1n) is 1.69. The van der Waals surface area contributed by atoms with Gasteiger partial charge in [0, 0.05) is 0 Å². The Kier molecular flexibility index (Phi) is 3.34. The van der Waals surface area contributed by atoms with Crippen LogP contribution in [0.3, 0.4) is 0 Å². The second-order valence-corrected chi connectivity index (χ2v) is 2.07. The summed E-state index contributed by atoms with van der Waals surface area (Å²) < 4.78 is 0. The summed E-state index contributed by atoms with van der Waals surface area (Å²) in [5.41, 5.74) is 4.85. The van der Waals surface area contributed by atoms with Crippen LogP contribution in [0.25, 0.3) is 0 Å². The molecular formula is C3H5Cl2NO. The number of rotatable bonds is 2. The molecule has 0 aliphatic rings. The minimum absolute atomic E-state index is 0.0856. The van der Waals surface area contributed by atoms with Gasteiger partial charge in [0.1, 0.15) is 0 Å². The Morgan fingerprint density at radius 1 is 1.71 bits per heavy atom. The zero-order chi connectivity index (χ0) is 5.86. The van der Waals surface area contributed by atoms with E-state index < -0.39 is 4.84 Å². The molecule has 0 saturated carbocycles. The van der Waals surface area contributed by atoms with Gasteiger partial charge in [0.25, 0.3) is 0 Å². The normalized spacial score (nSPS) is 9.71. The number of nitrogens with two attached hydrogens (primary N) is 1. The summed E-state index contributed by atoms with van der Waals surface area (Å²) in [5, 5.41) is 0. The highest BCUT2D eigenvalue weighted by atomic mass is 35.5. The summed E-state index contributed by atoms with van der Waals surface area (Å²) in [5.74, 6) is -0.344. The minimum Gasteiger partial charge on any atom is -0.324 e. The van der Waals surface area contributed by atoms with Gasteiger partial charge in [0.05, 0.1) is 6.54 Å². The van der Waals surface area contributed by atoms with Crippen LogP contribution >= 0.6 is 23.2 Å². The highest BCUT2D eigenvalue weighted by Gasteiger charge is 2.06. The van der Waals surface area contributed by atoms with E-state index in [-0.39, 0.29) is 12.3 Å². The lowest BCUT2D eigenvalue weighted by Gasteiger charge is -1.91. The summed E-state index contributed by atoms with van der Waals surface area (Å²) in [6, 6.07) is 0. The van der Waals surface area contributed by atoms with Crippen molar-refractivity contribution in [1.82, 2.24) is 0 Å². The first-order chi connectivity index (χ1) is 3.18. The number of carbonyl (C=O) groups excluding carboxylic acids is 1. The molecule has 0 aromatic heterocycles. The molecule has 7 heavy (non-hydrogen) atoms. The summed E-state index contributed by atoms with van der Waals surface area (Å²) >= 11 is 10.1. The van der Waals surface area contributed by atoms with Crippen molar-refractivity contribution in [1.29, 1.82) is 0 Å². The second-order valence-electron chi connectivity index (χ2n) is 0.971. The molecule has 0 unspecified atom stereocenters. The van der Waals surface area contributed by atoms with Crippen LogP contribution in [0.1, 0.15) is 0 Å². The van der Waals surface area contributed by atoms with Gasteiger partial charge in [-0.2, -0.15) is 0 Å². The number of Topliss-reactive ketones (excluding diaryl/α,β-unsaturated/α-hetero) is 1. The molecule has 0 aromatic carbocycles. The first kappa shape index (κ1) is 7.21. The van der Waals surface area contributed by atoms with E-state index in [2.05, 4.69) is 0 Å². The van der Waals surface area contributed by atoms with Crippen LogP contribution in [-0.2, 0) is 4.79 Å². The fourth-order valence-corrected chi connectivity index (χ4v) is 0.267. The standard InChI is InChI=1S/C3H5Cl2NO/c4-3(5)2(7)1-6/h3H,1,6H2. The Labute approximate surface area is 51.6 Å². The Hall–Kier alpha value is 0.210. The number of halogens is 2. The van der Waals surface area contributed by atoms with Crippen molar-refractivity contribution in [3.63, 3.8) is 0 Å². The molecule has 0 heterocycles. The van der Waals surface area contributed by atoms with Crippen LogP contribution in [0.4, 0.5) is 0 Å². The molecule has 0 fully saturated rings. The van der Waals surface area contributed by atoms with Crippen LogP contribution < -0.4 is 5.73 Å². The Morgan fingerprint density at radius 3 is 2.14 bits per heavy atom. The average molecular weight is 142 g/mol. The van der Waals surface area contributed by atoms with Gasteiger partial charge in [0.2, 0.25) is 0 Å². The largest absolute Gasteiger partial charge is 0.324 e. The SMILES string of the molecule is NCC(=O)C(Cl)Cl. The second kappa shape index (κ2) is 3.24. The van der Waals surface area contributed by atoms with Crippen LogP contribution in [0.15, 0.2) is 0 Å². The topological polar surface area (TPSA) is 43.1 Å². The molecule has 0 amide bonds. The third-order valence-electron chi connectivity index (χ3n) is 0.445. The fourth-order valence-electron chi connectivity index (χ4n) is 0.0891. The quantitative estimate of drug-likeness (QED) is 0.564. The summed E-state index contributed by atoms with van der Waals surface area (Å²) in [7, 11) is 0. The van der Waals surface area contributed by atoms with Gasteiger partial charge in [-0.25, -0.2) is 0 Å². The third-order valence-corrected chi connectivity index (χ3v) is 0.931. The van der Waals surface area contributed by atoms with Gasteiger partial charge in [-0.15, -0.1) is 0 Å². The molecule has 0 aliphatic carbocycles. The zero-order valence-electron chi connectivity index (χ0n) is 3.53. The molecule has 2 nitrogen and oxygen atoms in total. The first-order valence-corrected chi connectivity index (χ1v) is 2.56. The predicted molar refractivity (Wildman–Crippen MR) is 29.6 cm³/mol. The van der Waals surface area contributed by atoms with Gasteiger partial charge in [-0.3, -0.25) is 4.79 Å². The van der Waals surface area contributed by atoms with E-state index in [9.17, 15) is 4.79 Å². The van der Waals surface area contributed by atoms with Crippen LogP contribution in [-0.4, -0.2) is 17.2 Å². The van der Waals surface area contributed by atoms with Gasteiger partial charge >= 0.3 is 0 Å². The van der Waals surface area contributed by atoms with E-state index >= 15 is 0 Å². The van der Waals surface area contributed by atoms with E-state index in [4.69, 9.17) is 28.9 Å². The van der Waals surface area contributed by atoms with Gasteiger partial charge in [-0.05, 0) is 0 Å². The van der Waals surface area contributed by atoms with Crippen molar-refractivity contribution < 1.29 is 4.79 Å². The monoisotopic (exact) mass is 141 g/mol. The average Bonchev–Trinajstić information content (AvgIpc) is 1.65. The van der Waals surface area contributed by atoms with Crippen molar-refractivity contribution in [3.8, 4) is 0 Å². The predicted octanol–water partition coefficient (Wildman–Crippen LogP) is 0.318. The Bertz CT molecular complexity index is 73.3. The molecule has 0 radical (unpaired) electrons. The number of hydrogen-bond donors (Lipinski definition) is 1. The fraction of sp³-hybridized carbons (Fsp3) is 0.667. The van der Waals surface area contributed by atoms with Crippen molar-refractivity contribution in [2.45, 2.75) is 4.84 Å². The van der Waals surface area contributed by atoms with Crippen LogP contribution in [0.5, 0.6) is 0 Å². The molecule has 0 atom stereocenters. The molecule has 0 bridgehead atoms. The van der Waals surface area contributed by atoms with Crippen molar-refractivity contribution in [2.24, 2.45) is 5.73 Å². The summed E-state index contributed by atoms with van der Waals surface area (Å²) in [4.78, 5) is 9.17. The van der Waals surface area contributed by atoms with E-state index in [0.29, 0.717) is 0 Å². The van der Waals surface area contributed by atoms with Gasteiger partial charge in [0.15, 0.2) is 10.6 Å². The Morgan fingerprint density at radius 2 is 2.14 bits per heavy atom. The third kappa shape index (κ3) is 2.85. The minimum atomic E-state index is -0.954. The molecule has 0 rings (SSSR count). The van der Waals surface area contributed by atoms with Crippen molar-refractivity contribution in [3.05, 3.63) is 0 Å². The lowest BCUT2D eigenvalue weighted by atomic mass is 10.5. The zero-order valence-corrected chi connectivity index (χ0v) is 5.04. The molecule has 42 valence electrons. The molecular weight excluding hydrogens is 137 g/mol. The van der Waals surface area contributed by atoms with E-state index in [1.165, 1.54) is 0 Å². The van der Waals surface area contributed by atoms with Crippen LogP contribution in [0, 0.1) is 0 Å². The molecule has 2 N–H and O–H groups in total. The molecule has 4 heteroatoms. The Balaban J connectivity index is 3.35. The summed E-state index contributed by atoms with van der Waals surface area (Å²) in [6.45, 7) is -0.0856. The molecule has 0 spiro atoms. The van der Waals surface area contributed by atoms with Crippen molar-refractivity contribution >= 4 is 29.0 Å². The van der Waals surface area contributed by atoms with Crippen LogP contribution in [0.2, 0.25) is 0 Å². The lowest BCUT2D eigenvalue weighted by molar-refractivity contribution is -0.116. The van der Waals surface area contributed by atoms with Gasteiger partial charge in [-0.1, -0.05) is 23.2 Å². The maximum Gasteiger partial charge on any atom is 0.179 e. The van der Waals surface area contributed by atoms with E-state index in [0.717, 1.165) is 0 Å². The van der Waals surface area contributed by atoms with E-state index in [1.807, 2.05) is 0 Å². The smallest absolute Gasteiger partial charge is 0.179 e. The van der Waals surface area contributed by atoms with E-state index in [1.54, 1.807) is 0 Å². The molecule has 0 saturated heterocycles. The number of carbonyl (C=O) groups is 1. The number of ketones is 1. The lowest BCUT2D eigenvalue weighted by Crippen LogP contribution is -2.19. The van der Waals surface area contributed by atoms with Crippen molar-refractivity contribution in [2.75, 3.05) is 6.54 Å². The van der Waals surface area contributed by atoms with Gasteiger partial charge < -0.3 is 5.73 Å². The highest BCUT2D eigenvalue weighted by molar-refractivity contribution is 6.53.